The molecule has 1 aliphatic heterocycles. The molecule has 0 spiro atoms. The Balaban J connectivity index is 1.93. The number of rotatable bonds is 4. The van der Waals surface area contributed by atoms with Crippen LogP contribution in [0.25, 0.3) is 0 Å². The van der Waals surface area contributed by atoms with Gasteiger partial charge in [0.1, 0.15) is 5.82 Å². The maximum atomic E-state index is 12.7. The summed E-state index contributed by atoms with van der Waals surface area (Å²) >= 11 is 11.4. The molecule has 0 bridgehead atoms. The third-order valence-corrected chi connectivity index (χ3v) is 4.99. The molecule has 1 unspecified atom stereocenters. The lowest BCUT2D eigenvalue weighted by Gasteiger charge is -2.37. The van der Waals surface area contributed by atoms with Crippen LogP contribution in [0.4, 0.5) is 19.0 Å². The first kappa shape index (κ1) is 20.0. The summed E-state index contributed by atoms with van der Waals surface area (Å²) in [6.45, 7) is 7.67. The van der Waals surface area contributed by atoms with Crippen molar-refractivity contribution in [2.75, 3.05) is 37.6 Å². The number of hydrogen-bond acceptors (Lipinski definition) is 3. The fourth-order valence-corrected chi connectivity index (χ4v) is 3.01. The standard InChI is InChI=1S/C16H22ClF3N4S/c1-3-11(2)9-22-15(25)24-6-4-23(5-7-24)14-13(17)8-12(10-21-14)16(18,19)20/h8,10-11H,3-7,9H2,1-2H3,(H,22,25). The fourth-order valence-electron chi connectivity index (χ4n) is 2.46. The van der Waals surface area contributed by atoms with Crippen molar-refractivity contribution in [3.63, 3.8) is 0 Å². The van der Waals surface area contributed by atoms with E-state index in [2.05, 4.69) is 29.0 Å². The first-order chi connectivity index (χ1) is 11.7. The number of thiocarbonyl (C=S) groups is 1. The van der Waals surface area contributed by atoms with Gasteiger partial charge in [-0.25, -0.2) is 4.98 Å². The first-order valence-electron chi connectivity index (χ1n) is 8.22. The lowest BCUT2D eigenvalue weighted by molar-refractivity contribution is -0.137. The van der Waals surface area contributed by atoms with E-state index >= 15 is 0 Å². The van der Waals surface area contributed by atoms with Gasteiger partial charge in [0.05, 0.1) is 10.6 Å². The second kappa shape index (κ2) is 8.40. The highest BCUT2D eigenvalue weighted by atomic mass is 35.5. The van der Waals surface area contributed by atoms with E-state index < -0.39 is 11.7 Å². The molecule has 0 radical (unpaired) electrons. The average molecular weight is 395 g/mol. The zero-order valence-electron chi connectivity index (χ0n) is 14.2. The van der Waals surface area contributed by atoms with Crippen molar-refractivity contribution in [1.29, 1.82) is 0 Å². The van der Waals surface area contributed by atoms with Gasteiger partial charge < -0.3 is 15.1 Å². The molecule has 1 fully saturated rings. The van der Waals surface area contributed by atoms with Gasteiger partial charge >= 0.3 is 6.18 Å². The highest BCUT2D eigenvalue weighted by Crippen LogP contribution is 2.33. The molecule has 9 heteroatoms. The minimum atomic E-state index is -4.44. The molecule has 25 heavy (non-hydrogen) atoms. The maximum absolute atomic E-state index is 12.7. The summed E-state index contributed by atoms with van der Waals surface area (Å²) < 4.78 is 38.1. The fraction of sp³-hybridized carbons (Fsp3) is 0.625. The third kappa shape index (κ3) is 5.34. The Morgan fingerprint density at radius 2 is 2.00 bits per heavy atom. The van der Waals surface area contributed by atoms with Crippen molar-refractivity contribution < 1.29 is 13.2 Å². The van der Waals surface area contributed by atoms with Crippen LogP contribution in [0.1, 0.15) is 25.8 Å². The molecule has 2 heterocycles. The van der Waals surface area contributed by atoms with Crippen LogP contribution < -0.4 is 10.2 Å². The van der Waals surface area contributed by atoms with E-state index in [-0.39, 0.29) is 5.02 Å². The van der Waals surface area contributed by atoms with Gasteiger partial charge in [0.25, 0.3) is 0 Å². The molecular formula is C16H22ClF3N4S. The van der Waals surface area contributed by atoms with Gasteiger partial charge in [-0.1, -0.05) is 31.9 Å². The van der Waals surface area contributed by atoms with E-state index in [4.69, 9.17) is 23.8 Å². The Morgan fingerprint density at radius 1 is 1.36 bits per heavy atom. The van der Waals surface area contributed by atoms with Gasteiger partial charge in [-0.2, -0.15) is 13.2 Å². The molecular weight excluding hydrogens is 373 g/mol. The summed E-state index contributed by atoms with van der Waals surface area (Å²) in [5.74, 6) is 0.933. The van der Waals surface area contributed by atoms with Crippen molar-refractivity contribution in [1.82, 2.24) is 15.2 Å². The number of nitrogens with zero attached hydrogens (tertiary/aromatic N) is 3. The number of alkyl halides is 3. The van der Waals surface area contributed by atoms with Crippen LogP contribution in [-0.2, 0) is 6.18 Å². The molecule has 1 N–H and O–H groups in total. The van der Waals surface area contributed by atoms with Crippen LogP contribution in [0.5, 0.6) is 0 Å². The van der Waals surface area contributed by atoms with Gasteiger partial charge in [-0.3, -0.25) is 0 Å². The number of pyridine rings is 1. The first-order valence-corrected chi connectivity index (χ1v) is 9.01. The van der Waals surface area contributed by atoms with Crippen molar-refractivity contribution >= 4 is 34.7 Å². The molecule has 0 saturated carbocycles. The van der Waals surface area contributed by atoms with Gasteiger partial charge in [-0.15, -0.1) is 0 Å². The minimum Gasteiger partial charge on any atom is -0.362 e. The average Bonchev–Trinajstić information content (AvgIpc) is 2.58. The monoisotopic (exact) mass is 394 g/mol. The molecule has 0 aromatic carbocycles. The number of hydrogen-bond donors (Lipinski definition) is 1. The van der Waals surface area contributed by atoms with Crippen molar-refractivity contribution in [3.8, 4) is 0 Å². The van der Waals surface area contributed by atoms with Crippen molar-refractivity contribution in [2.45, 2.75) is 26.4 Å². The number of aromatic nitrogens is 1. The van der Waals surface area contributed by atoms with E-state index in [0.29, 0.717) is 43.0 Å². The lowest BCUT2D eigenvalue weighted by Crippen LogP contribution is -2.52. The molecule has 2 rings (SSSR count). The molecule has 1 saturated heterocycles. The van der Waals surface area contributed by atoms with Crippen LogP contribution in [0, 0.1) is 5.92 Å². The summed E-state index contributed by atoms with van der Waals surface area (Å²) in [5.41, 5.74) is -0.838. The molecule has 1 aromatic rings. The van der Waals surface area contributed by atoms with Crippen LogP contribution in [0.2, 0.25) is 5.02 Å². The Kier molecular flexibility index (Phi) is 6.73. The predicted octanol–water partition coefficient (Wildman–Crippen LogP) is 3.80. The van der Waals surface area contributed by atoms with Crippen LogP contribution in [-0.4, -0.2) is 47.7 Å². The zero-order valence-corrected chi connectivity index (χ0v) is 15.8. The van der Waals surface area contributed by atoms with Crippen molar-refractivity contribution in [2.24, 2.45) is 5.92 Å². The smallest absolute Gasteiger partial charge is 0.362 e. The van der Waals surface area contributed by atoms with E-state index in [0.717, 1.165) is 25.2 Å². The Labute approximate surface area is 156 Å². The Bertz CT molecular complexity index is 604. The van der Waals surface area contributed by atoms with Crippen LogP contribution in [0.3, 0.4) is 0 Å². The largest absolute Gasteiger partial charge is 0.417 e. The SMILES string of the molecule is CCC(C)CNC(=S)N1CCN(c2ncc(C(F)(F)F)cc2Cl)CC1. The third-order valence-electron chi connectivity index (χ3n) is 4.31. The van der Waals surface area contributed by atoms with Gasteiger partial charge in [0, 0.05) is 38.9 Å². The van der Waals surface area contributed by atoms with Crippen molar-refractivity contribution in [3.05, 3.63) is 22.8 Å². The summed E-state index contributed by atoms with van der Waals surface area (Å²) in [6, 6.07) is 0.925. The molecule has 0 amide bonds. The molecule has 140 valence electrons. The van der Waals surface area contributed by atoms with E-state index in [1.54, 1.807) is 0 Å². The molecule has 1 aromatic heterocycles. The summed E-state index contributed by atoms with van der Waals surface area (Å²) in [5, 5.41) is 3.99. The number of piperazine rings is 1. The van der Waals surface area contributed by atoms with Crippen LogP contribution in [0.15, 0.2) is 12.3 Å². The summed E-state index contributed by atoms with van der Waals surface area (Å²) in [6.07, 6.45) is -2.53. The van der Waals surface area contributed by atoms with Crippen LogP contribution >= 0.6 is 23.8 Å². The lowest BCUT2D eigenvalue weighted by atomic mass is 10.1. The second-order valence-corrected chi connectivity index (χ2v) is 6.99. The topological polar surface area (TPSA) is 31.4 Å². The molecule has 1 atom stereocenters. The van der Waals surface area contributed by atoms with Gasteiger partial charge in [-0.05, 0) is 24.2 Å². The minimum absolute atomic E-state index is 0.0146. The highest BCUT2D eigenvalue weighted by molar-refractivity contribution is 7.80. The van der Waals surface area contributed by atoms with E-state index in [9.17, 15) is 13.2 Å². The molecule has 4 nitrogen and oxygen atoms in total. The van der Waals surface area contributed by atoms with Gasteiger partial charge in [0.2, 0.25) is 0 Å². The normalized spacial score (nSPS) is 16.7. The summed E-state index contributed by atoms with van der Waals surface area (Å²) in [4.78, 5) is 7.86. The quantitative estimate of drug-likeness (QED) is 0.785. The predicted molar refractivity (Wildman–Crippen MR) is 98.1 cm³/mol. The number of halogens is 4. The van der Waals surface area contributed by atoms with E-state index in [1.807, 2.05) is 4.90 Å². The molecule has 1 aliphatic rings. The maximum Gasteiger partial charge on any atom is 0.417 e. The zero-order chi connectivity index (χ0) is 18.6. The van der Waals surface area contributed by atoms with E-state index in [1.165, 1.54) is 0 Å². The molecule has 0 aliphatic carbocycles. The number of nitrogens with one attached hydrogen (secondary N) is 1. The Hall–Kier alpha value is -1.28. The second-order valence-electron chi connectivity index (χ2n) is 6.20. The number of anilines is 1. The Morgan fingerprint density at radius 3 is 2.52 bits per heavy atom. The van der Waals surface area contributed by atoms with Gasteiger partial charge in [0.15, 0.2) is 5.11 Å². The summed E-state index contributed by atoms with van der Waals surface area (Å²) in [7, 11) is 0. The highest BCUT2D eigenvalue weighted by Gasteiger charge is 2.32.